The Labute approximate surface area is 315 Å². The molecule has 0 N–H and O–H groups in total. The molecule has 0 aliphatic carbocycles. The molecule has 0 atom stereocenters. The van der Waals surface area contributed by atoms with Gasteiger partial charge >= 0.3 is 0 Å². The Morgan fingerprint density at radius 3 is 1.72 bits per heavy atom. The highest BCUT2D eigenvalue weighted by molar-refractivity contribution is 6.09. The number of para-hydroxylation sites is 2. The zero-order valence-electron chi connectivity index (χ0n) is 30.3. The number of benzene rings is 7. The van der Waals surface area contributed by atoms with E-state index in [0.29, 0.717) is 0 Å². The van der Waals surface area contributed by atoms with Crippen molar-refractivity contribution in [2.24, 2.45) is 0 Å². The van der Waals surface area contributed by atoms with E-state index >= 15 is 0 Å². The molecule has 0 aliphatic heterocycles. The zero-order chi connectivity index (χ0) is 36.4. The van der Waals surface area contributed by atoms with Crippen molar-refractivity contribution < 1.29 is 0 Å². The molecule has 0 bridgehead atoms. The van der Waals surface area contributed by atoms with E-state index < -0.39 is 0 Å². The summed E-state index contributed by atoms with van der Waals surface area (Å²) in [6.45, 7) is 4.21. The van der Waals surface area contributed by atoms with Gasteiger partial charge in [0.1, 0.15) is 0 Å². The summed E-state index contributed by atoms with van der Waals surface area (Å²) in [6, 6.07) is 60.3. The minimum atomic E-state index is 0.793. The van der Waals surface area contributed by atoms with Crippen LogP contribution in [-0.4, -0.2) is 19.3 Å². The number of nitrogens with zero attached hydrogens (tertiary/aromatic N) is 5. The summed E-state index contributed by atoms with van der Waals surface area (Å²) in [5.74, 6) is 1.60. The van der Waals surface area contributed by atoms with Gasteiger partial charge in [-0.2, -0.15) is 0 Å². The minimum absolute atomic E-state index is 0.793. The van der Waals surface area contributed by atoms with Gasteiger partial charge in [-0.15, -0.1) is 10.2 Å². The van der Waals surface area contributed by atoms with Gasteiger partial charge in [-0.3, -0.25) is 4.57 Å². The van der Waals surface area contributed by atoms with Gasteiger partial charge < -0.3 is 9.47 Å². The first-order valence-corrected chi connectivity index (χ1v) is 18.5. The average molecular weight is 698 g/mol. The Hall–Kier alpha value is -6.98. The van der Waals surface area contributed by atoms with Crippen molar-refractivity contribution in [1.29, 1.82) is 0 Å². The van der Waals surface area contributed by atoms with Gasteiger partial charge in [0.25, 0.3) is 0 Å². The van der Waals surface area contributed by atoms with Crippen molar-refractivity contribution in [2.75, 3.05) is 4.90 Å². The van der Waals surface area contributed by atoms with Crippen molar-refractivity contribution in [3.63, 3.8) is 0 Å². The van der Waals surface area contributed by atoms with Crippen LogP contribution in [0.2, 0.25) is 0 Å². The van der Waals surface area contributed by atoms with Crippen LogP contribution in [0.1, 0.15) is 20.3 Å². The second kappa shape index (κ2) is 14.2. The predicted molar refractivity (Wildman–Crippen MR) is 227 cm³/mol. The third-order valence-corrected chi connectivity index (χ3v) is 10.1. The van der Waals surface area contributed by atoms with Gasteiger partial charge in [-0.1, -0.05) is 122 Å². The standard InChI is InChI=1S/C49H39N5/c1-3-5-20-38(4-2)54-48(36-17-7-6-8-18-36)50-51-49(54)37-27-29-39(30-28-37)52(45-26-15-19-35-16-9-10-21-42(35)45)40-31-33-41(34-32-40)53-46-24-13-11-22-43(46)44-23-12-14-25-47(44)53/h4-34H,3H2,1-2H3/b20-5-,38-4+. The molecule has 0 saturated carbocycles. The van der Waals surface area contributed by atoms with Crippen molar-refractivity contribution in [1.82, 2.24) is 19.3 Å². The molecule has 54 heavy (non-hydrogen) atoms. The molecule has 0 amide bonds. The maximum Gasteiger partial charge on any atom is 0.168 e. The van der Waals surface area contributed by atoms with E-state index in [2.05, 4.69) is 198 Å². The van der Waals surface area contributed by atoms with E-state index in [4.69, 9.17) is 10.2 Å². The van der Waals surface area contributed by atoms with Crippen LogP contribution in [0.25, 0.3) is 66.7 Å². The second-order valence-corrected chi connectivity index (χ2v) is 13.3. The third-order valence-electron chi connectivity index (χ3n) is 10.1. The average Bonchev–Trinajstić information content (AvgIpc) is 3.83. The highest BCUT2D eigenvalue weighted by atomic mass is 15.3. The summed E-state index contributed by atoms with van der Waals surface area (Å²) in [5.41, 5.74) is 9.77. The smallest absolute Gasteiger partial charge is 0.168 e. The summed E-state index contributed by atoms with van der Waals surface area (Å²) in [6.07, 6.45) is 7.38. The molecule has 2 aromatic heterocycles. The molecule has 5 heteroatoms. The van der Waals surface area contributed by atoms with Crippen molar-refractivity contribution in [3.05, 3.63) is 188 Å². The Morgan fingerprint density at radius 1 is 0.556 bits per heavy atom. The summed E-state index contributed by atoms with van der Waals surface area (Å²) in [7, 11) is 0. The van der Waals surface area contributed by atoms with Gasteiger partial charge in [-0.25, -0.2) is 0 Å². The molecule has 5 nitrogen and oxygen atoms in total. The summed E-state index contributed by atoms with van der Waals surface area (Å²) < 4.78 is 4.52. The number of aromatic nitrogens is 4. The molecule has 9 rings (SSSR count). The van der Waals surface area contributed by atoms with Crippen LogP contribution in [0.5, 0.6) is 0 Å². The van der Waals surface area contributed by atoms with Crippen LogP contribution in [0, 0.1) is 0 Å². The Bertz CT molecular complexity index is 2750. The highest BCUT2D eigenvalue weighted by Crippen LogP contribution is 2.41. The van der Waals surface area contributed by atoms with Crippen LogP contribution in [0.3, 0.4) is 0 Å². The second-order valence-electron chi connectivity index (χ2n) is 13.3. The number of hydrogen-bond acceptors (Lipinski definition) is 3. The molecular weight excluding hydrogens is 659 g/mol. The van der Waals surface area contributed by atoms with E-state index in [1.54, 1.807) is 0 Å². The lowest BCUT2D eigenvalue weighted by molar-refractivity contribution is 1.10. The summed E-state index contributed by atoms with van der Waals surface area (Å²) in [4.78, 5) is 2.35. The zero-order valence-corrected chi connectivity index (χ0v) is 30.3. The van der Waals surface area contributed by atoms with Gasteiger partial charge in [0.15, 0.2) is 11.6 Å². The Balaban J connectivity index is 1.17. The lowest BCUT2D eigenvalue weighted by Gasteiger charge is -2.27. The van der Waals surface area contributed by atoms with Crippen molar-refractivity contribution >= 4 is 55.3 Å². The summed E-state index contributed by atoms with van der Waals surface area (Å²) >= 11 is 0. The summed E-state index contributed by atoms with van der Waals surface area (Å²) in [5, 5.41) is 14.4. The molecule has 2 heterocycles. The Kier molecular flexibility index (Phi) is 8.66. The molecule has 0 unspecified atom stereocenters. The van der Waals surface area contributed by atoms with E-state index in [0.717, 1.165) is 57.6 Å². The van der Waals surface area contributed by atoms with Crippen LogP contribution in [-0.2, 0) is 0 Å². The normalized spacial score (nSPS) is 12.0. The maximum atomic E-state index is 4.77. The van der Waals surface area contributed by atoms with Gasteiger partial charge in [-0.05, 0) is 91.5 Å². The van der Waals surface area contributed by atoms with Crippen molar-refractivity contribution in [2.45, 2.75) is 20.3 Å². The first kappa shape index (κ1) is 32.9. The van der Waals surface area contributed by atoms with Gasteiger partial charge in [0.05, 0.1) is 16.7 Å². The first-order valence-electron chi connectivity index (χ1n) is 18.5. The number of anilines is 3. The van der Waals surface area contributed by atoms with Gasteiger partial charge in [0.2, 0.25) is 0 Å². The molecule has 0 radical (unpaired) electrons. The molecule has 0 aliphatic rings. The van der Waals surface area contributed by atoms with Crippen LogP contribution in [0.4, 0.5) is 17.1 Å². The molecule has 0 spiro atoms. The predicted octanol–water partition coefficient (Wildman–Crippen LogP) is 13.2. The van der Waals surface area contributed by atoms with E-state index in [1.165, 1.54) is 32.6 Å². The largest absolute Gasteiger partial charge is 0.310 e. The van der Waals surface area contributed by atoms with Crippen LogP contribution in [0.15, 0.2) is 188 Å². The highest BCUT2D eigenvalue weighted by Gasteiger charge is 2.20. The molecule has 9 aromatic rings. The monoisotopic (exact) mass is 697 g/mol. The van der Waals surface area contributed by atoms with Crippen molar-refractivity contribution in [3.8, 4) is 28.5 Å². The van der Waals surface area contributed by atoms with Crippen LogP contribution >= 0.6 is 0 Å². The molecule has 0 saturated heterocycles. The topological polar surface area (TPSA) is 38.9 Å². The van der Waals surface area contributed by atoms with E-state index in [9.17, 15) is 0 Å². The van der Waals surface area contributed by atoms with Gasteiger partial charge in [0, 0.05) is 50.0 Å². The molecular formula is C49H39N5. The number of hydrogen-bond donors (Lipinski definition) is 0. The fourth-order valence-electron chi connectivity index (χ4n) is 7.57. The number of fused-ring (bicyclic) bond motifs is 4. The number of allylic oxidation sites excluding steroid dienone is 4. The number of rotatable bonds is 9. The quantitative estimate of drug-likeness (QED) is 0.141. The molecule has 0 fully saturated rings. The third kappa shape index (κ3) is 5.76. The lowest BCUT2D eigenvalue weighted by atomic mass is 10.1. The fourth-order valence-corrected chi connectivity index (χ4v) is 7.57. The molecule has 260 valence electrons. The van der Waals surface area contributed by atoms with Crippen LogP contribution < -0.4 is 4.90 Å². The SMILES string of the molecule is C/C=C(\C=C/CC)n1c(-c2ccccc2)nnc1-c1ccc(N(c2ccc(-n3c4ccccc4c4ccccc43)cc2)c2cccc3ccccc23)cc1. The minimum Gasteiger partial charge on any atom is -0.310 e. The first-order chi connectivity index (χ1) is 26.7. The Morgan fingerprint density at radius 2 is 1.09 bits per heavy atom. The van der Waals surface area contributed by atoms with E-state index in [1.807, 2.05) is 18.2 Å². The fraction of sp³-hybridized carbons (Fsp3) is 0.0612. The lowest BCUT2D eigenvalue weighted by Crippen LogP contribution is -2.11. The van der Waals surface area contributed by atoms with E-state index in [-0.39, 0.29) is 0 Å². The maximum absolute atomic E-state index is 4.77. The molecule has 7 aromatic carbocycles.